The molecule has 0 fully saturated rings. The smallest absolute Gasteiger partial charge is 0.271 e. The van der Waals surface area contributed by atoms with Crippen molar-refractivity contribution in [3.05, 3.63) is 105 Å². The molecule has 0 aliphatic heterocycles. The zero-order valence-corrected chi connectivity index (χ0v) is 25.0. The van der Waals surface area contributed by atoms with Gasteiger partial charge in [0.05, 0.1) is 16.9 Å². The molecule has 10 nitrogen and oxygen atoms in total. The third-order valence-electron chi connectivity index (χ3n) is 6.42. The lowest BCUT2D eigenvalue weighted by molar-refractivity contribution is -0.384. The summed E-state index contributed by atoms with van der Waals surface area (Å²) in [6, 6.07) is 17.3. The SMILES string of the molecule is Cc1ccc([N+](=O)[O-])cc1N(CC(=O)N(Cc1ccccc1F)C(Cc1ccccc1)C(=O)NC(C)(C)C)S(C)(=O)=O. The Hall–Kier alpha value is -4.32. The Morgan fingerprint density at radius 2 is 1.64 bits per heavy atom. The monoisotopic (exact) mass is 598 g/mol. The molecule has 0 spiro atoms. The summed E-state index contributed by atoms with van der Waals surface area (Å²) in [5.74, 6) is -1.90. The van der Waals surface area contributed by atoms with Gasteiger partial charge in [-0.2, -0.15) is 0 Å². The van der Waals surface area contributed by atoms with Gasteiger partial charge in [0.1, 0.15) is 18.4 Å². The first kappa shape index (κ1) is 32.2. The lowest BCUT2D eigenvalue weighted by atomic mass is 10.0. The number of nitrogens with one attached hydrogen (secondary N) is 1. The van der Waals surface area contributed by atoms with Crippen LogP contribution in [0.4, 0.5) is 15.8 Å². The molecule has 3 rings (SSSR count). The van der Waals surface area contributed by atoms with Crippen molar-refractivity contribution in [3.8, 4) is 0 Å². The first-order valence-electron chi connectivity index (χ1n) is 13.2. The maximum absolute atomic E-state index is 14.9. The first-order chi connectivity index (χ1) is 19.6. The van der Waals surface area contributed by atoms with Crippen molar-refractivity contribution >= 4 is 33.2 Å². The van der Waals surface area contributed by atoms with Crippen LogP contribution in [0.3, 0.4) is 0 Å². The van der Waals surface area contributed by atoms with Crippen LogP contribution in [-0.2, 0) is 32.6 Å². The van der Waals surface area contributed by atoms with Gasteiger partial charge in [0.2, 0.25) is 21.8 Å². The summed E-state index contributed by atoms with van der Waals surface area (Å²) < 4.78 is 41.6. The van der Waals surface area contributed by atoms with Crippen LogP contribution in [0.15, 0.2) is 72.8 Å². The molecule has 0 aromatic heterocycles. The van der Waals surface area contributed by atoms with E-state index >= 15 is 0 Å². The number of nitro benzene ring substituents is 1. The van der Waals surface area contributed by atoms with Crippen molar-refractivity contribution in [2.45, 2.75) is 52.2 Å². The summed E-state index contributed by atoms with van der Waals surface area (Å²) in [4.78, 5) is 39.7. The largest absolute Gasteiger partial charge is 0.350 e. The summed E-state index contributed by atoms with van der Waals surface area (Å²) in [5.41, 5.74) is 0.164. The minimum atomic E-state index is -4.14. The van der Waals surface area contributed by atoms with Gasteiger partial charge in [-0.25, -0.2) is 12.8 Å². The summed E-state index contributed by atoms with van der Waals surface area (Å²) in [5, 5.41) is 14.3. The molecular weight excluding hydrogens is 563 g/mol. The van der Waals surface area contributed by atoms with E-state index in [1.807, 2.05) is 0 Å². The van der Waals surface area contributed by atoms with Gasteiger partial charge in [0.25, 0.3) is 5.69 Å². The molecule has 3 aromatic rings. The van der Waals surface area contributed by atoms with Gasteiger partial charge in [0, 0.05) is 36.2 Å². The van der Waals surface area contributed by atoms with Gasteiger partial charge in [0.15, 0.2) is 0 Å². The van der Waals surface area contributed by atoms with Crippen LogP contribution in [0.2, 0.25) is 0 Å². The minimum absolute atomic E-state index is 0.0513. The molecule has 0 aliphatic carbocycles. The average Bonchev–Trinajstić information content (AvgIpc) is 2.89. The van der Waals surface area contributed by atoms with E-state index in [1.165, 1.54) is 30.3 Å². The number of nitrogens with zero attached hydrogens (tertiary/aromatic N) is 3. The molecule has 3 aromatic carbocycles. The Balaban J connectivity index is 2.14. The molecule has 0 aliphatic rings. The van der Waals surface area contributed by atoms with E-state index in [0.717, 1.165) is 27.1 Å². The molecule has 0 saturated carbocycles. The Morgan fingerprint density at radius 3 is 2.21 bits per heavy atom. The Kier molecular flexibility index (Phi) is 10.1. The highest BCUT2D eigenvalue weighted by atomic mass is 32.2. The molecule has 224 valence electrons. The van der Waals surface area contributed by atoms with Gasteiger partial charge < -0.3 is 10.2 Å². The number of carbonyl (C=O) groups excluding carboxylic acids is 2. The van der Waals surface area contributed by atoms with Crippen LogP contribution in [0.1, 0.15) is 37.5 Å². The molecule has 0 saturated heterocycles. The molecule has 1 atom stereocenters. The number of amides is 2. The van der Waals surface area contributed by atoms with Crippen LogP contribution < -0.4 is 9.62 Å². The zero-order chi connectivity index (χ0) is 31.2. The Bertz CT molecular complexity index is 1560. The first-order valence-corrected chi connectivity index (χ1v) is 15.0. The topological polar surface area (TPSA) is 130 Å². The second kappa shape index (κ2) is 13.1. The van der Waals surface area contributed by atoms with Crippen LogP contribution in [0, 0.1) is 22.9 Å². The fourth-order valence-corrected chi connectivity index (χ4v) is 5.29. The normalized spacial score (nSPS) is 12.3. The van der Waals surface area contributed by atoms with Crippen molar-refractivity contribution in [2.24, 2.45) is 0 Å². The average molecular weight is 599 g/mol. The number of carbonyl (C=O) groups is 2. The number of sulfonamides is 1. The van der Waals surface area contributed by atoms with Gasteiger partial charge in [-0.05, 0) is 44.9 Å². The number of nitro groups is 1. The van der Waals surface area contributed by atoms with Gasteiger partial charge in [-0.15, -0.1) is 0 Å². The highest BCUT2D eigenvalue weighted by Crippen LogP contribution is 2.28. The van der Waals surface area contributed by atoms with E-state index in [0.29, 0.717) is 5.56 Å². The quantitative estimate of drug-likeness (QED) is 0.258. The van der Waals surface area contributed by atoms with Crippen molar-refractivity contribution in [3.63, 3.8) is 0 Å². The predicted molar refractivity (Wildman–Crippen MR) is 159 cm³/mol. The molecule has 0 bridgehead atoms. The zero-order valence-electron chi connectivity index (χ0n) is 24.2. The van der Waals surface area contributed by atoms with E-state index in [4.69, 9.17) is 0 Å². The summed E-state index contributed by atoms with van der Waals surface area (Å²) in [6.45, 7) is 5.81. The third kappa shape index (κ3) is 8.59. The maximum atomic E-state index is 14.9. The molecule has 42 heavy (non-hydrogen) atoms. The highest BCUT2D eigenvalue weighted by Gasteiger charge is 2.35. The number of hydrogen-bond donors (Lipinski definition) is 1. The summed E-state index contributed by atoms with van der Waals surface area (Å²) in [7, 11) is -4.14. The van der Waals surface area contributed by atoms with Crippen molar-refractivity contribution in [1.82, 2.24) is 10.2 Å². The standard InChI is InChI=1S/C30H35FN4O6S/c1-21-15-16-24(35(38)39)18-26(21)34(42(5,40)41)20-28(36)33(19-23-13-9-10-14-25(23)31)27(29(37)32-30(2,3)4)17-22-11-7-6-8-12-22/h6-16,18,27H,17,19-20H2,1-5H3,(H,32,37). The second-order valence-corrected chi connectivity index (χ2v) is 13.0. The number of anilines is 1. The second-order valence-electron chi connectivity index (χ2n) is 11.1. The van der Waals surface area contributed by atoms with Crippen molar-refractivity contribution < 1.29 is 27.3 Å². The van der Waals surface area contributed by atoms with E-state index < -0.39 is 50.7 Å². The Morgan fingerprint density at radius 1 is 1.02 bits per heavy atom. The van der Waals surface area contributed by atoms with Gasteiger partial charge in [-0.3, -0.25) is 24.0 Å². The van der Waals surface area contributed by atoms with E-state index in [2.05, 4.69) is 5.32 Å². The van der Waals surface area contributed by atoms with Crippen molar-refractivity contribution in [2.75, 3.05) is 17.1 Å². The van der Waals surface area contributed by atoms with Gasteiger partial charge >= 0.3 is 0 Å². The third-order valence-corrected chi connectivity index (χ3v) is 7.55. The van der Waals surface area contributed by atoms with Crippen molar-refractivity contribution in [1.29, 1.82) is 0 Å². The van der Waals surface area contributed by atoms with E-state index in [1.54, 1.807) is 64.1 Å². The van der Waals surface area contributed by atoms with Crippen LogP contribution in [-0.4, -0.2) is 54.4 Å². The molecule has 0 heterocycles. The number of halogens is 1. The Labute approximate surface area is 245 Å². The lowest BCUT2D eigenvalue weighted by Gasteiger charge is -2.35. The number of hydrogen-bond acceptors (Lipinski definition) is 6. The fraction of sp³-hybridized carbons (Fsp3) is 0.333. The number of rotatable bonds is 11. The fourth-order valence-electron chi connectivity index (χ4n) is 4.39. The number of non-ortho nitro benzene ring substituents is 1. The summed E-state index contributed by atoms with van der Waals surface area (Å²) in [6.07, 6.45) is 0.950. The molecule has 1 N–H and O–H groups in total. The van der Waals surface area contributed by atoms with Crippen LogP contribution in [0.25, 0.3) is 0 Å². The molecule has 2 amide bonds. The van der Waals surface area contributed by atoms with Crippen LogP contribution in [0.5, 0.6) is 0 Å². The van der Waals surface area contributed by atoms with E-state index in [9.17, 15) is 32.5 Å². The maximum Gasteiger partial charge on any atom is 0.271 e. The number of benzene rings is 3. The van der Waals surface area contributed by atoms with Crippen LogP contribution >= 0.6 is 0 Å². The van der Waals surface area contributed by atoms with E-state index in [-0.39, 0.29) is 29.9 Å². The predicted octanol–water partition coefficient (Wildman–Crippen LogP) is 4.36. The number of aryl methyl sites for hydroxylation is 1. The minimum Gasteiger partial charge on any atom is -0.350 e. The molecule has 0 radical (unpaired) electrons. The molecule has 1 unspecified atom stereocenters. The lowest BCUT2D eigenvalue weighted by Crippen LogP contribution is -2.56. The highest BCUT2D eigenvalue weighted by molar-refractivity contribution is 7.92. The molecule has 12 heteroatoms. The van der Waals surface area contributed by atoms with Gasteiger partial charge in [-0.1, -0.05) is 54.6 Å². The molecular formula is C30H35FN4O6S. The summed E-state index contributed by atoms with van der Waals surface area (Å²) >= 11 is 0.